The van der Waals surface area contributed by atoms with Crippen LogP contribution in [0.15, 0.2) is 51.7 Å². The number of para-hydroxylation sites is 1. The first kappa shape index (κ1) is 17.0. The molecule has 1 aromatic heterocycles. The molecule has 0 unspecified atom stereocenters. The summed E-state index contributed by atoms with van der Waals surface area (Å²) >= 11 is 0. The van der Waals surface area contributed by atoms with Crippen molar-refractivity contribution < 1.29 is 18.7 Å². The van der Waals surface area contributed by atoms with E-state index in [1.165, 1.54) is 0 Å². The van der Waals surface area contributed by atoms with Crippen LogP contribution in [0.4, 0.5) is 0 Å². The van der Waals surface area contributed by atoms with Crippen molar-refractivity contribution in [3.05, 3.63) is 52.7 Å². The third kappa shape index (κ3) is 3.99. The highest BCUT2D eigenvalue weighted by atomic mass is 16.5. The van der Waals surface area contributed by atoms with E-state index < -0.39 is 0 Å². The van der Waals surface area contributed by atoms with Crippen molar-refractivity contribution >= 4 is 27.9 Å². The smallest absolute Gasteiger partial charge is 0.305 e. The van der Waals surface area contributed by atoms with Gasteiger partial charge in [0, 0.05) is 6.42 Å². The Balaban J connectivity index is 1.67. The van der Waals surface area contributed by atoms with E-state index in [-0.39, 0.29) is 11.4 Å². The number of benzene rings is 2. The van der Waals surface area contributed by atoms with Gasteiger partial charge in [-0.2, -0.15) is 0 Å². The Hall–Kier alpha value is -2.82. The molecule has 5 nitrogen and oxygen atoms in total. The van der Waals surface area contributed by atoms with Crippen LogP contribution in [0.3, 0.4) is 0 Å². The molecule has 2 aromatic carbocycles. The average molecular weight is 340 g/mol. The topological polar surface area (TPSA) is 65.7 Å². The monoisotopic (exact) mass is 340 g/mol. The first-order valence-corrected chi connectivity index (χ1v) is 8.43. The molecule has 0 bridgehead atoms. The Morgan fingerprint density at radius 3 is 2.68 bits per heavy atom. The van der Waals surface area contributed by atoms with E-state index >= 15 is 0 Å². The highest BCUT2D eigenvalue weighted by molar-refractivity contribution is 5.90. The summed E-state index contributed by atoms with van der Waals surface area (Å²) < 4.78 is 16.3. The van der Waals surface area contributed by atoms with E-state index in [9.17, 15) is 9.59 Å². The van der Waals surface area contributed by atoms with Crippen LogP contribution in [0.1, 0.15) is 26.2 Å². The fourth-order valence-electron chi connectivity index (χ4n) is 2.67. The van der Waals surface area contributed by atoms with Crippen LogP contribution in [0.5, 0.6) is 5.75 Å². The zero-order chi connectivity index (χ0) is 17.6. The van der Waals surface area contributed by atoms with Gasteiger partial charge in [0.15, 0.2) is 0 Å². The van der Waals surface area contributed by atoms with Crippen LogP contribution in [-0.2, 0) is 9.53 Å². The first-order chi connectivity index (χ1) is 12.2. The molecule has 0 saturated heterocycles. The molecule has 0 atom stereocenters. The van der Waals surface area contributed by atoms with Crippen LogP contribution in [0.25, 0.3) is 21.9 Å². The van der Waals surface area contributed by atoms with Crippen molar-refractivity contribution in [3.63, 3.8) is 0 Å². The molecule has 0 fully saturated rings. The molecule has 3 rings (SSSR count). The second-order valence-electron chi connectivity index (χ2n) is 5.70. The van der Waals surface area contributed by atoms with Crippen molar-refractivity contribution in [1.29, 1.82) is 0 Å². The number of unbranched alkanes of at least 4 members (excludes halogenated alkanes) is 1. The number of hydrogen-bond donors (Lipinski definition) is 0. The lowest BCUT2D eigenvalue weighted by Crippen LogP contribution is -2.05. The minimum Gasteiger partial charge on any atom is -0.494 e. The van der Waals surface area contributed by atoms with Gasteiger partial charge in [0.2, 0.25) is 5.43 Å². The lowest BCUT2D eigenvalue weighted by Gasteiger charge is -2.07. The summed E-state index contributed by atoms with van der Waals surface area (Å²) in [6, 6.07) is 12.4. The minimum absolute atomic E-state index is 0.0652. The molecule has 0 N–H and O–H groups in total. The molecule has 0 spiro atoms. The number of hydrogen-bond acceptors (Lipinski definition) is 5. The minimum atomic E-state index is -0.183. The standard InChI is InChI=1S/C20H20O5/c1-2-23-19(21)9-5-6-12-24-14-10-11-18-16(13-14)20(22)15-7-3-4-8-17(15)25-18/h3-4,7-8,10-11,13H,2,5-6,9,12H2,1H3. The maximum Gasteiger partial charge on any atom is 0.305 e. The van der Waals surface area contributed by atoms with Crippen molar-refractivity contribution in [3.8, 4) is 5.75 Å². The van der Waals surface area contributed by atoms with E-state index in [2.05, 4.69) is 0 Å². The molecule has 1 heterocycles. The Morgan fingerprint density at radius 2 is 1.84 bits per heavy atom. The predicted octanol–water partition coefficient (Wildman–Crippen LogP) is 4.06. The van der Waals surface area contributed by atoms with Gasteiger partial charge in [0.1, 0.15) is 16.9 Å². The Morgan fingerprint density at radius 1 is 1.04 bits per heavy atom. The highest BCUT2D eigenvalue weighted by Crippen LogP contribution is 2.22. The maximum atomic E-state index is 12.6. The van der Waals surface area contributed by atoms with E-state index in [1.807, 2.05) is 12.1 Å². The first-order valence-electron chi connectivity index (χ1n) is 8.43. The third-order valence-corrected chi connectivity index (χ3v) is 3.90. The van der Waals surface area contributed by atoms with Crippen LogP contribution >= 0.6 is 0 Å². The van der Waals surface area contributed by atoms with Crippen molar-refractivity contribution in [2.45, 2.75) is 26.2 Å². The van der Waals surface area contributed by atoms with Gasteiger partial charge in [-0.25, -0.2) is 0 Å². The predicted molar refractivity (Wildman–Crippen MR) is 96.0 cm³/mol. The molecular weight excluding hydrogens is 320 g/mol. The zero-order valence-electron chi connectivity index (χ0n) is 14.1. The molecule has 0 aliphatic carbocycles. The second-order valence-corrected chi connectivity index (χ2v) is 5.70. The summed E-state index contributed by atoms with van der Waals surface area (Å²) in [4.78, 5) is 23.8. The van der Waals surface area contributed by atoms with Gasteiger partial charge in [-0.05, 0) is 50.1 Å². The normalized spacial score (nSPS) is 10.9. The Labute approximate surface area is 145 Å². The fraction of sp³-hybridized carbons (Fsp3) is 0.300. The van der Waals surface area contributed by atoms with E-state index in [4.69, 9.17) is 13.9 Å². The maximum absolute atomic E-state index is 12.6. The largest absolute Gasteiger partial charge is 0.494 e. The molecule has 130 valence electrons. The van der Waals surface area contributed by atoms with Gasteiger partial charge in [0.25, 0.3) is 0 Å². The number of ether oxygens (including phenoxy) is 2. The Kier molecular flexibility index (Phi) is 5.33. The van der Waals surface area contributed by atoms with Crippen molar-refractivity contribution in [2.24, 2.45) is 0 Å². The highest BCUT2D eigenvalue weighted by Gasteiger charge is 2.08. The summed E-state index contributed by atoms with van der Waals surface area (Å²) in [5.41, 5.74) is 1.05. The van der Waals surface area contributed by atoms with Crippen molar-refractivity contribution in [1.82, 2.24) is 0 Å². The lowest BCUT2D eigenvalue weighted by molar-refractivity contribution is -0.143. The van der Waals surface area contributed by atoms with Crippen molar-refractivity contribution in [2.75, 3.05) is 13.2 Å². The molecule has 0 aliphatic rings. The molecule has 5 heteroatoms. The van der Waals surface area contributed by atoms with Gasteiger partial charge < -0.3 is 13.9 Å². The summed E-state index contributed by atoms with van der Waals surface area (Å²) in [5.74, 6) is 0.434. The summed E-state index contributed by atoms with van der Waals surface area (Å²) in [6.45, 7) is 2.67. The number of rotatable bonds is 7. The summed E-state index contributed by atoms with van der Waals surface area (Å²) in [5, 5.41) is 1.06. The van der Waals surface area contributed by atoms with Crippen LogP contribution < -0.4 is 10.2 Å². The third-order valence-electron chi connectivity index (χ3n) is 3.90. The zero-order valence-corrected chi connectivity index (χ0v) is 14.1. The van der Waals surface area contributed by atoms with Gasteiger partial charge in [-0.15, -0.1) is 0 Å². The van der Waals surface area contributed by atoms with E-state index in [1.54, 1.807) is 37.3 Å². The van der Waals surface area contributed by atoms with Gasteiger partial charge in [-0.3, -0.25) is 9.59 Å². The van der Waals surface area contributed by atoms with Gasteiger partial charge in [-0.1, -0.05) is 12.1 Å². The number of esters is 1. The number of carbonyl (C=O) groups excluding carboxylic acids is 1. The van der Waals surface area contributed by atoms with Crippen LogP contribution in [0, 0.1) is 0 Å². The molecule has 25 heavy (non-hydrogen) atoms. The Bertz CT molecular complexity index is 942. The van der Waals surface area contributed by atoms with Crippen LogP contribution in [-0.4, -0.2) is 19.2 Å². The lowest BCUT2D eigenvalue weighted by atomic mass is 10.1. The molecule has 0 saturated carbocycles. The quantitative estimate of drug-likeness (QED) is 0.369. The molecule has 3 aromatic rings. The average Bonchev–Trinajstić information content (AvgIpc) is 2.62. The van der Waals surface area contributed by atoms with Gasteiger partial charge >= 0.3 is 5.97 Å². The number of carbonyl (C=O) groups is 1. The van der Waals surface area contributed by atoms with Gasteiger partial charge in [0.05, 0.1) is 24.0 Å². The summed E-state index contributed by atoms with van der Waals surface area (Å²) in [6.07, 6.45) is 1.84. The SMILES string of the molecule is CCOC(=O)CCCCOc1ccc2oc3ccccc3c(=O)c2c1. The van der Waals surface area contributed by atoms with E-state index in [0.29, 0.717) is 53.7 Å². The number of fused-ring (bicyclic) bond motifs is 2. The second kappa shape index (κ2) is 7.83. The van der Waals surface area contributed by atoms with Crippen LogP contribution in [0.2, 0.25) is 0 Å². The fourth-order valence-corrected chi connectivity index (χ4v) is 2.67. The molecular formula is C20H20O5. The molecule has 0 aliphatic heterocycles. The molecule has 0 amide bonds. The van der Waals surface area contributed by atoms with E-state index in [0.717, 1.165) is 6.42 Å². The summed E-state index contributed by atoms with van der Waals surface area (Å²) in [7, 11) is 0. The molecule has 0 radical (unpaired) electrons.